The second-order valence-corrected chi connectivity index (χ2v) is 0.0816. The molecule has 0 unspecified atom stereocenters. The molecule has 0 atom stereocenters. The SMILES string of the molecule is OOO.[Ag]. The van der Waals surface area contributed by atoms with Crippen molar-refractivity contribution in [3.8, 4) is 0 Å². The Morgan fingerprint density at radius 3 is 1.25 bits per heavy atom. The zero-order chi connectivity index (χ0) is 2.71. The van der Waals surface area contributed by atoms with Gasteiger partial charge < -0.3 is 0 Å². The van der Waals surface area contributed by atoms with E-state index in [0.29, 0.717) is 0 Å². The maximum Gasteiger partial charge on any atom is 0 e. The monoisotopic (exact) mass is 157 g/mol. The van der Waals surface area contributed by atoms with Gasteiger partial charge in [-0.3, -0.25) is 0 Å². The number of rotatable bonds is 0. The zero-order valence-electron chi connectivity index (χ0n) is 1.60. The van der Waals surface area contributed by atoms with Crippen LogP contribution in [0.4, 0.5) is 0 Å². The van der Waals surface area contributed by atoms with Gasteiger partial charge in [0.2, 0.25) is 0 Å². The first-order valence-corrected chi connectivity index (χ1v) is 0.365. The van der Waals surface area contributed by atoms with E-state index in [1.165, 1.54) is 0 Å². The molecule has 0 bridgehead atoms. The Morgan fingerprint density at radius 2 is 1.25 bits per heavy atom. The largest absolute Gasteiger partial charge is 0.221 e. The van der Waals surface area contributed by atoms with Gasteiger partial charge in [0.1, 0.15) is 0 Å². The fourth-order valence-electron chi connectivity index (χ4n) is 0. The molecule has 0 aliphatic carbocycles. The van der Waals surface area contributed by atoms with E-state index in [9.17, 15) is 0 Å². The van der Waals surface area contributed by atoms with Crippen molar-refractivity contribution in [1.29, 1.82) is 0 Å². The summed E-state index contributed by atoms with van der Waals surface area (Å²) < 4.78 is 0. The van der Waals surface area contributed by atoms with Crippen LogP contribution in [0.2, 0.25) is 0 Å². The summed E-state index contributed by atoms with van der Waals surface area (Å²) in [4.78, 5) is 0. The topological polar surface area (TPSA) is 49.7 Å². The molecule has 0 heterocycles. The summed E-state index contributed by atoms with van der Waals surface area (Å²) in [5.74, 6) is 0. The van der Waals surface area contributed by atoms with E-state index >= 15 is 0 Å². The van der Waals surface area contributed by atoms with Crippen LogP contribution in [-0.2, 0) is 27.4 Å². The summed E-state index contributed by atoms with van der Waals surface area (Å²) in [6.45, 7) is 0. The Morgan fingerprint density at radius 1 is 1.25 bits per heavy atom. The van der Waals surface area contributed by atoms with Gasteiger partial charge in [0.15, 0.2) is 0 Å². The van der Waals surface area contributed by atoms with Gasteiger partial charge in [-0.1, -0.05) is 5.04 Å². The first-order chi connectivity index (χ1) is 1.41. The molecule has 0 spiro atoms. The predicted octanol–water partition coefficient (Wildman–Crippen LogP) is -0.0535. The van der Waals surface area contributed by atoms with Crippen LogP contribution in [0.1, 0.15) is 0 Å². The molecule has 0 saturated carbocycles. The summed E-state index contributed by atoms with van der Waals surface area (Å²) in [5, 5.41) is 15.5. The molecule has 2 N–H and O–H groups in total. The van der Waals surface area contributed by atoms with Crippen LogP contribution in [0.5, 0.6) is 0 Å². The standard InChI is InChI=1S/Ag.H2O3/c;1-3-2/h;1-2H. The molecule has 3 nitrogen and oxygen atoms in total. The Hall–Kier alpha value is 0.620. The van der Waals surface area contributed by atoms with Crippen LogP contribution in [0, 0.1) is 0 Å². The van der Waals surface area contributed by atoms with E-state index in [1.54, 1.807) is 0 Å². The van der Waals surface area contributed by atoms with Crippen LogP contribution in [-0.4, -0.2) is 10.5 Å². The average Bonchev–Trinajstić information content (AvgIpc) is 0.918. The first kappa shape index (κ1) is 8.82. The van der Waals surface area contributed by atoms with Gasteiger partial charge in [-0.25, -0.2) is 10.5 Å². The molecule has 0 aliphatic heterocycles. The van der Waals surface area contributed by atoms with Gasteiger partial charge in [0.05, 0.1) is 0 Å². The summed E-state index contributed by atoms with van der Waals surface area (Å²) in [7, 11) is 0. The van der Waals surface area contributed by atoms with E-state index in [2.05, 4.69) is 5.04 Å². The number of hydrogen-bond donors (Lipinski definition) is 2. The van der Waals surface area contributed by atoms with Crippen LogP contribution < -0.4 is 0 Å². The molecular weight excluding hydrogens is 156 g/mol. The summed E-state index contributed by atoms with van der Waals surface area (Å²) >= 11 is 0. The Labute approximate surface area is 38.6 Å². The third-order valence-electron chi connectivity index (χ3n) is 0. The second kappa shape index (κ2) is 9.47. The van der Waals surface area contributed by atoms with Gasteiger partial charge in [0.25, 0.3) is 0 Å². The molecule has 0 aliphatic rings. The molecule has 0 amide bonds. The van der Waals surface area contributed by atoms with E-state index in [4.69, 9.17) is 10.5 Å². The molecule has 31 valence electrons. The third-order valence-corrected chi connectivity index (χ3v) is 0. The molecule has 1 radical (unpaired) electrons. The van der Waals surface area contributed by atoms with Gasteiger partial charge >= 0.3 is 0 Å². The van der Waals surface area contributed by atoms with Crippen molar-refractivity contribution >= 4 is 0 Å². The fourth-order valence-corrected chi connectivity index (χ4v) is 0. The molecule has 0 saturated heterocycles. The van der Waals surface area contributed by atoms with Gasteiger partial charge in [-0.05, 0) is 0 Å². The summed E-state index contributed by atoms with van der Waals surface area (Å²) in [6.07, 6.45) is 0. The van der Waals surface area contributed by atoms with Gasteiger partial charge in [-0.15, -0.1) is 0 Å². The molecule has 0 aromatic carbocycles. The minimum atomic E-state index is 0. The first-order valence-electron chi connectivity index (χ1n) is 0.365. The van der Waals surface area contributed by atoms with Crippen LogP contribution >= 0.6 is 0 Å². The normalized spacial score (nSPS) is 4.50. The Bertz CT molecular complexity index is 3.25. The van der Waals surface area contributed by atoms with Gasteiger partial charge in [-0.2, -0.15) is 0 Å². The summed E-state index contributed by atoms with van der Waals surface area (Å²) in [5.41, 5.74) is 0. The van der Waals surface area contributed by atoms with E-state index < -0.39 is 0 Å². The third kappa shape index (κ3) is 17.9. The fraction of sp³-hybridized carbons (Fsp3) is 0. The van der Waals surface area contributed by atoms with Crippen molar-refractivity contribution in [2.45, 2.75) is 0 Å². The van der Waals surface area contributed by atoms with Crippen molar-refractivity contribution in [3.63, 3.8) is 0 Å². The van der Waals surface area contributed by atoms with Crippen LogP contribution in [0.25, 0.3) is 0 Å². The van der Waals surface area contributed by atoms with Crippen molar-refractivity contribution in [1.82, 2.24) is 0 Å². The molecule has 0 aromatic rings. The zero-order valence-corrected chi connectivity index (χ0v) is 3.09. The minimum Gasteiger partial charge on any atom is -0.221 e. The molecule has 0 aromatic heterocycles. The van der Waals surface area contributed by atoms with Crippen molar-refractivity contribution < 1.29 is 37.9 Å². The molecule has 4 heavy (non-hydrogen) atoms. The van der Waals surface area contributed by atoms with Crippen LogP contribution in [0.15, 0.2) is 0 Å². The summed E-state index contributed by atoms with van der Waals surface area (Å²) in [6, 6.07) is 0. The maximum absolute atomic E-state index is 6.62. The van der Waals surface area contributed by atoms with Crippen molar-refractivity contribution in [2.75, 3.05) is 0 Å². The molecule has 4 heteroatoms. The van der Waals surface area contributed by atoms with E-state index in [-0.39, 0.29) is 22.4 Å². The smallest absolute Gasteiger partial charge is 0 e. The number of hydrogen-bond acceptors (Lipinski definition) is 3. The predicted molar refractivity (Wildman–Crippen MR) is 6.34 cm³/mol. The van der Waals surface area contributed by atoms with E-state index in [1.807, 2.05) is 0 Å². The second-order valence-electron chi connectivity index (χ2n) is 0.0816. The van der Waals surface area contributed by atoms with Crippen LogP contribution in [0.3, 0.4) is 0 Å². The van der Waals surface area contributed by atoms with Crippen molar-refractivity contribution in [3.05, 3.63) is 0 Å². The van der Waals surface area contributed by atoms with Gasteiger partial charge in [0, 0.05) is 22.4 Å². The Balaban J connectivity index is 0. The molecular formula is H2AgO3. The van der Waals surface area contributed by atoms with E-state index in [0.717, 1.165) is 0 Å². The quantitative estimate of drug-likeness (QED) is 0.295. The minimum absolute atomic E-state index is 0. The Kier molecular flexibility index (Phi) is 20.9. The molecule has 0 fully saturated rings. The maximum atomic E-state index is 6.62. The van der Waals surface area contributed by atoms with Crippen molar-refractivity contribution in [2.24, 2.45) is 0 Å². The average molecular weight is 158 g/mol. The molecule has 0 rings (SSSR count).